The smallest absolute Gasteiger partial charge is 0.214 e. The largest absolute Gasteiger partial charge is 0.287 e. The van der Waals surface area contributed by atoms with E-state index in [4.69, 9.17) is 0 Å². The molecule has 2 heterocycles. The van der Waals surface area contributed by atoms with Gasteiger partial charge in [0.2, 0.25) is 5.78 Å². The molecule has 0 unspecified atom stereocenters. The van der Waals surface area contributed by atoms with Crippen LogP contribution in [0.4, 0.5) is 0 Å². The molecule has 0 spiro atoms. The maximum atomic E-state index is 12.1. The van der Waals surface area contributed by atoms with Crippen LogP contribution in [0.1, 0.15) is 29.4 Å². The zero-order valence-electron chi connectivity index (χ0n) is 9.00. The van der Waals surface area contributed by atoms with Crippen LogP contribution in [0.15, 0.2) is 31.0 Å². The van der Waals surface area contributed by atoms with Gasteiger partial charge in [-0.25, -0.2) is 9.97 Å². The summed E-state index contributed by atoms with van der Waals surface area (Å²) in [6, 6.07) is 1.71. The summed E-state index contributed by atoms with van der Waals surface area (Å²) < 4.78 is 1.70. The van der Waals surface area contributed by atoms with E-state index in [1.807, 2.05) is 6.92 Å². The van der Waals surface area contributed by atoms with Crippen LogP contribution in [0.5, 0.6) is 0 Å². The highest BCUT2D eigenvalue weighted by molar-refractivity contribution is 6.07. The molecule has 5 heteroatoms. The molecule has 0 aliphatic rings. The Morgan fingerprint density at radius 2 is 2.12 bits per heavy atom. The first kappa shape index (κ1) is 10.5. The summed E-state index contributed by atoms with van der Waals surface area (Å²) in [7, 11) is 0. The lowest BCUT2D eigenvalue weighted by molar-refractivity contribution is 0.102. The molecule has 0 aromatic carbocycles. The molecule has 0 aliphatic heterocycles. The molecule has 2 aromatic heterocycles. The third-order valence-corrected chi connectivity index (χ3v) is 2.21. The number of rotatable bonds is 4. The summed E-state index contributed by atoms with van der Waals surface area (Å²) in [5.41, 5.74) is 1.07. The molecule has 0 N–H and O–H groups in total. The standard InChI is InChI=1S/C11H12N4O/c1-2-5-15-10(3-4-14-15)11(16)9-6-12-8-13-7-9/h3-4,6-8H,2,5H2,1H3. The number of hydrogen-bond donors (Lipinski definition) is 0. The van der Waals surface area contributed by atoms with Gasteiger partial charge in [-0.05, 0) is 12.5 Å². The van der Waals surface area contributed by atoms with E-state index in [9.17, 15) is 4.79 Å². The van der Waals surface area contributed by atoms with Gasteiger partial charge >= 0.3 is 0 Å². The van der Waals surface area contributed by atoms with Crippen molar-refractivity contribution >= 4 is 5.78 Å². The molecule has 0 saturated heterocycles. The van der Waals surface area contributed by atoms with Gasteiger partial charge in [-0.3, -0.25) is 9.48 Å². The Kier molecular flexibility index (Phi) is 3.05. The molecule has 0 amide bonds. The second-order valence-corrected chi connectivity index (χ2v) is 3.40. The molecule has 0 radical (unpaired) electrons. The van der Waals surface area contributed by atoms with Crippen LogP contribution in [0.25, 0.3) is 0 Å². The van der Waals surface area contributed by atoms with Crippen LogP contribution in [0, 0.1) is 0 Å². The number of ketones is 1. The first-order valence-electron chi connectivity index (χ1n) is 5.14. The van der Waals surface area contributed by atoms with Crippen molar-refractivity contribution in [3.8, 4) is 0 Å². The van der Waals surface area contributed by atoms with E-state index >= 15 is 0 Å². The molecule has 0 bridgehead atoms. The molecule has 0 saturated carbocycles. The fourth-order valence-electron chi connectivity index (χ4n) is 1.48. The molecule has 0 fully saturated rings. The summed E-state index contributed by atoms with van der Waals surface area (Å²) >= 11 is 0. The van der Waals surface area contributed by atoms with Gasteiger partial charge in [0.1, 0.15) is 12.0 Å². The van der Waals surface area contributed by atoms with Gasteiger partial charge in [0, 0.05) is 25.1 Å². The lowest BCUT2D eigenvalue weighted by atomic mass is 10.1. The normalized spacial score (nSPS) is 10.3. The Morgan fingerprint density at radius 3 is 2.81 bits per heavy atom. The highest BCUT2D eigenvalue weighted by Gasteiger charge is 2.14. The second-order valence-electron chi connectivity index (χ2n) is 3.40. The number of carbonyl (C=O) groups excluding carboxylic acids is 1. The Hall–Kier alpha value is -2.04. The third kappa shape index (κ3) is 1.98. The maximum absolute atomic E-state index is 12.1. The van der Waals surface area contributed by atoms with Gasteiger partial charge in [-0.1, -0.05) is 6.92 Å². The Morgan fingerprint density at radius 1 is 1.38 bits per heavy atom. The molecule has 0 aliphatic carbocycles. The summed E-state index contributed by atoms with van der Waals surface area (Å²) in [4.78, 5) is 19.7. The average molecular weight is 216 g/mol. The van der Waals surface area contributed by atoms with Crippen LogP contribution in [0.3, 0.4) is 0 Å². The molecule has 82 valence electrons. The van der Waals surface area contributed by atoms with E-state index < -0.39 is 0 Å². The van der Waals surface area contributed by atoms with E-state index in [1.54, 1.807) is 16.9 Å². The highest BCUT2D eigenvalue weighted by Crippen LogP contribution is 2.07. The average Bonchev–Trinajstić information content (AvgIpc) is 2.78. The van der Waals surface area contributed by atoms with E-state index in [2.05, 4.69) is 15.1 Å². The van der Waals surface area contributed by atoms with E-state index in [1.165, 1.54) is 18.7 Å². The summed E-state index contributed by atoms with van der Waals surface area (Å²) in [5.74, 6) is -0.0912. The number of aromatic nitrogens is 4. The first-order chi connectivity index (χ1) is 7.83. The maximum Gasteiger partial charge on any atom is 0.214 e. The number of aryl methyl sites for hydroxylation is 1. The molecule has 16 heavy (non-hydrogen) atoms. The number of nitrogens with zero attached hydrogens (tertiary/aromatic N) is 4. The Labute approximate surface area is 93.2 Å². The minimum absolute atomic E-state index is 0.0912. The molecule has 0 atom stereocenters. The molecular formula is C11H12N4O. The van der Waals surface area contributed by atoms with Crippen molar-refractivity contribution in [2.45, 2.75) is 19.9 Å². The van der Waals surface area contributed by atoms with Crippen molar-refractivity contribution < 1.29 is 4.79 Å². The van der Waals surface area contributed by atoms with Gasteiger partial charge in [-0.2, -0.15) is 5.10 Å². The Balaban J connectivity index is 2.31. The summed E-state index contributed by atoms with van der Waals surface area (Å²) in [5, 5.41) is 4.11. The third-order valence-electron chi connectivity index (χ3n) is 2.21. The molecule has 2 rings (SSSR count). The lowest BCUT2D eigenvalue weighted by Crippen LogP contribution is -2.11. The Bertz CT molecular complexity index is 478. The predicted octanol–water partition coefficient (Wildman–Crippen LogP) is 1.31. The predicted molar refractivity (Wildman–Crippen MR) is 58.0 cm³/mol. The van der Waals surface area contributed by atoms with Gasteiger partial charge < -0.3 is 0 Å². The lowest BCUT2D eigenvalue weighted by Gasteiger charge is -2.04. The minimum Gasteiger partial charge on any atom is -0.287 e. The van der Waals surface area contributed by atoms with Crippen molar-refractivity contribution in [3.05, 3.63) is 42.2 Å². The van der Waals surface area contributed by atoms with Gasteiger partial charge in [0.25, 0.3) is 0 Å². The molecule has 5 nitrogen and oxygen atoms in total. The number of carbonyl (C=O) groups is 1. The van der Waals surface area contributed by atoms with Crippen molar-refractivity contribution in [2.24, 2.45) is 0 Å². The van der Waals surface area contributed by atoms with Crippen LogP contribution < -0.4 is 0 Å². The highest BCUT2D eigenvalue weighted by atomic mass is 16.1. The van der Waals surface area contributed by atoms with Crippen molar-refractivity contribution in [3.63, 3.8) is 0 Å². The van der Waals surface area contributed by atoms with Crippen LogP contribution >= 0.6 is 0 Å². The van der Waals surface area contributed by atoms with Crippen LogP contribution in [-0.2, 0) is 6.54 Å². The van der Waals surface area contributed by atoms with Crippen LogP contribution in [-0.4, -0.2) is 25.5 Å². The SMILES string of the molecule is CCCn1nccc1C(=O)c1cncnc1. The van der Waals surface area contributed by atoms with Crippen LogP contribution in [0.2, 0.25) is 0 Å². The van der Waals surface area contributed by atoms with E-state index in [0.717, 1.165) is 13.0 Å². The zero-order chi connectivity index (χ0) is 11.4. The first-order valence-corrected chi connectivity index (χ1v) is 5.14. The van der Waals surface area contributed by atoms with Gasteiger partial charge in [-0.15, -0.1) is 0 Å². The van der Waals surface area contributed by atoms with Crippen molar-refractivity contribution in [2.75, 3.05) is 0 Å². The summed E-state index contributed by atoms with van der Waals surface area (Å²) in [6.45, 7) is 2.78. The van der Waals surface area contributed by atoms with E-state index in [-0.39, 0.29) is 5.78 Å². The zero-order valence-corrected chi connectivity index (χ0v) is 9.00. The quantitative estimate of drug-likeness (QED) is 0.723. The second kappa shape index (κ2) is 4.65. The number of hydrogen-bond acceptors (Lipinski definition) is 4. The van der Waals surface area contributed by atoms with Crippen molar-refractivity contribution in [1.82, 2.24) is 19.7 Å². The molecule has 2 aromatic rings. The summed E-state index contributed by atoms with van der Waals surface area (Å²) in [6.07, 6.45) is 7.00. The molecular weight excluding hydrogens is 204 g/mol. The topological polar surface area (TPSA) is 60.7 Å². The van der Waals surface area contributed by atoms with E-state index in [0.29, 0.717) is 11.3 Å². The minimum atomic E-state index is -0.0912. The van der Waals surface area contributed by atoms with Gasteiger partial charge in [0.05, 0.1) is 5.56 Å². The van der Waals surface area contributed by atoms with Crippen molar-refractivity contribution in [1.29, 1.82) is 0 Å². The fraction of sp³-hybridized carbons (Fsp3) is 0.273. The fourth-order valence-corrected chi connectivity index (χ4v) is 1.48. The van der Waals surface area contributed by atoms with Gasteiger partial charge in [0.15, 0.2) is 0 Å². The monoisotopic (exact) mass is 216 g/mol.